The van der Waals surface area contributed by atoms with Gasteiger partial charge < -0.3 is 0 Å². The van der Waals surface area contributed by atoms with Gasteiger partial charge in [-0.2, -0.15) is 0 Å². The molecule has 172 valence electrons. The van der Waals surface area contributed by atoms with E-state index in [1.165, 1.54) is 16.3 Å². The average molecular weight is 481 g/mol. The smallest absolute Gasteiger partial charge is 0.262 e. The lowest BCUT2D eigenvalue weighted by molar-refractivity contribution is 0.658. The van der Waals surface area contributed by atoms with Crippen molar-refractivity contribution in [2.24, 2.45) is 7.05 Å². The molecule has 9 heteroatoms. The van der Waals surface area contributed by atoms with Crippen LogP contribution in [0.25, 0.3) is 27.6 Å². The van der Waals surface area contributed by atoms with Crippen LogP contribution >= 0.6 is 11.8 Å². The molecule has 8 nitrogen and oxygen atoms in total. The van der Waals surface area contributed by atoms with Crippen LogP contribution in [0, 0.1) is 0 Å². The maximum atomic E-state index is 13.4. The first kappa shape index (κ1) is 21.3. The Balaban J connectivity index is 1.46. The van der Waals surface area contributed by atoms with Crippen molar-refractivity contribution in [3.05, 3.63) is 111 Å². The second-order valence-corrected chi connectivity index (χ2v) is 9.15. The molecule has 0 atom stereocenters. The van der Waals surface area contributed by atoms with Crippen LogP contribution in [0.15, 0.2) is 93.6 Å². The molecule has 0 saturated heterocycles. The first-order valence-corrected chi connectivity index (χ1v) is 12.1. The van der Waals surface area contributed by atoms with Crippen molar-refractivity contribution in [1.29, 1.82) is 0 Å². The highest BCUT2D eigenvalue weighted by Crippen LogP contribution is 2.24. The zero-order valence-electron chi connectivity index (χ0n) is 18.8. The third-order valence-corrected chi connectivity index (χ3v) is 7.01. The average Bonchev–Trinajstić information content (AvgIpc) is 3.33. The van der Waals surface area contributed by atoms with Gasteiger partial charge in [0.2, 0.25) is 5.78 Å². The van der Waals surface area contributed by atoms with E-state index in [1.807, 2.05) is 71.1 Å². The molecule has 0 amide bonds. The molecule has 6 aromatic rings. The van der Waals surface area contributed by atoms with E-state index in [1.54, 1.807) is 23.7 Å². The minimum Gasteiger partial charge on any atom is -0.283 e. The van der Waals surface area contributed by atoms with E-state index >= 15 is 0 Å². The molecule has 3 aromatic heterocycles. The van der Waals surface area contributed by atoms with Crippen LogP contribution in [0.1, 0.15) is 11.4 Å². The van der Waals surface area contributed by atoms with Crippen molar-refractivity contribution >= 4 is 39.3 Å². The summed E-state index contributed by atoms with van der Waals surface area (Å²) in [6.07, 6.45) is 0. The molecule has 3 heterocycles. The fraction of sp³-hybridized carbons (Fsp3) is 0.115. The number of aromatic nitrogens is 6. The number of hydrogen-bond donors (Lipinski definition) is 0. The largest absolute Gasteiger partial charge is 0.283 e. The number of fused-ring (bicyclic) bond motifs is 4. The number of para-hydroxylation sites is 2. The predicted molar refractivity (Wildman–Crippen MR) is 137 cm³/mol. The van der Waals surface area contributed by atoms with Gasteiger partial charge in [-0.25, -0.2) is 4.98 Å². The van der Waals surface area contributed by atoms with Gasteiger partial charge in [0.25, 0.3) is 11.1 Å². The summed E-state index contributed by atoms with van der Waals surface area (Å²) in [6, 6.07) is 24.7. The highest BCUT2D eigenvalue weighted by Gasteiger charge is 2.17. The SMILES string of the molecule is Cn1c(=O)c2ccccc2n2c(CSc3nc4ccccc4c(=O)n3Cc3ccccc3)nnc12. The van der Waals surface area contributed by atoms with Gasteiger partial charge >= 0.3 is 0 Å². The monoisotopic (exact) mass is 480 g/mol. The van der Waals surface area contributed by atoms with Crippen LogP contribution in [0.5, 0.6) is 0 Å². The molecule has 0 saturated carbocycles. The second-order valence-electron chi connectivity index (χ2n) is 8.21. The summed E-state index contributed by atoms with van der Waals surface area (Å²) in [6.45, 7) is 0.415. The minimum absolute atomic E-state index is 0.0825. The molecule has 0 unspecified atom stereocenters. The molecule has 3 aromatic carbocycles. The van der Waals surface area contributed by atoms with Crippen molar-refractivity contribution in [3.8, 4) is 0 Å². The number of thioether (sulfide) groups is 1. The van der Waals surface area contributed by atoms with Crippen LogP contribution in [0.4, 0.5) is 0 Å². The zero-order chi connectivity index (χ0) is 23.9. The topological polar surface area (TPSA) is 87.1 Å². The summed E-state index contributed by atoms with van der Waals surface area (Å²) in [7, 11) is 1.69. The molecule has 0 fully saturated rings. The molecule has 0 radical (unpaired) electrons. The molecule has 0 N–H and O–H groups in total. The lowest BCUT2D eigenvalue weighted by Gasteiger charge is -2.13. The summed E-state index contributed by atoms with van der Waals surface area (Å²) in [4.78, 5) is 31.0. The van der Waals surface area contributed by atoms with E-state index in [0.717, 1.165) is 11.1 Å². The highest BCUT2D eigenvalue weighted by molar-refractivity contribution is 7.98. The summed E-state index contributed by atoms with van der Waals surface area (Å²) >= 11 is 1.43. The molecular weight excluding hydrogens is 460 g/mol. The Labute approximate surface area is 203 Å². The maximum Gasteiger partial charge on any atom is 0.262 e. The van der Waals surface area contributed by atoms with Gasteiger partial charge in [0.1, 0.15) is 5.82 Å². The van der Waals surface area contributed by atoms with Gasteiger partial charge in [-0.3, -0.25) is 23.1 Å². The fourth-order valence-corrected chi connectivity index (χ4v) is 5.19. The second kappa shape index (κ2) is 8.52. The van der Waals surface area contributed by atoms with Crippen molar-refractivity contribution in [2.45, 2.75) is 17.5 Å². The minimum atomic E-state index is -0.118. The fourth-order valence-electron chi connectivity index (χ4n) is 4.28. The lowest BCUT2D eigenvalue weighted by atomic mass is 10.2. The van der Waals surface area contributed by atoms with Crippen LogP contribution in [-0.4, -0.2) is 28.7 Å². The zero-order valence-corrected chi connectivity index (χ0v) is 19.6. The summed E-state index contributed by atoms with van der Waals surface area (Å²) < 4.78 is 5.10. The Morgan fingerprint density at radius 2 is 1.51 bits per heavy atom. The highest BCUT2D eigenvalue weighted by atomic mass is 32.2. The van der Waals surface area contributed by atoms with E-state index < -0.39 is 0 Å². The molecule has 0 aliphatic rings. The van der Waals surface area contributed by atoms with E-state index in [-0.39, 0.29) is 11.1 Å². The Morgan fingerprint density at radius 1 is 0.800 bits per heavy atom. The quantitative estimate of drug-likeness (QED) is 0.277. The number of benzene rings is 3. The van der Waals surface area contributed by atoms with Crippen LogP contribution in [0.2, 0.25) is 0 Å². The normalized spacial score (nSPS) is 11.6. The van der Waals surface area contributed by atoms with Gasteiger partial charge in [-0.15, -0.1) is 10.2 Å². The van der Waals surface area contributed by atoms with Gasteiger partial charge in [-0.05, 0) is 29.8 Å². The molecule has 0 spiro atoms. The van der Waals surface area contributed by atoms with Crippen molar-refractivity contribution < 1.29 is 0 Å². The van der Waals surface area contributed by atoms with Crippen LogP contribution in [-0.2, 0) is 19.3 Å². The Morgan fingerprint density at radius 3 is 2.34 bits per heavy atom. The molecular formula is C26H20N6O2S. The van der Waals surface area contributed by atoms with Crippen LogP contribution < -0.4 is 11.1 Å². The molecule has 6 rings (SSSR count). The summed E-state index contributed by atoms with van der Waals surface area (Å²) in [5.74, 6) is 1.56. The molecule has 35 heavy (non-hydrogen) atoms. The Hall–Kier alpha value is -4.24. The van der Waals surface area contributed by atoms with Gasteiger partial charge in [0.15, 0.2) is 5.16 Å². The first-order valence-electron chi connectivity index (χ1n) is 11.1. The lowest BCUT2D eigenvalue weighted by Crippen LogP contribution is -2.24. The number of nitrogens with zero attached hydrogens (tertiary/aromatic N) is 6. The first-order chi connectivity index (χ1) is 17.1. The Bertz CT molecular complexity index is 1840. The van der Waals surface area contributed by atoms with Gasteiger partial charge in [-0.1, -0.05) is 66.4 Å². The van der Waals surface area contributed by atoms with Crippen molar-refractivity contribution in [1.82, 2.24) is 28.7 Å². The third-order valence-electron chi connectivity index (χ3n) is 6.03. The summed E-state index contributed by atoms with van der Waals surface area (Å²) in [5, 5.41) is 10.4. The van der Waals surface area contributed by atoms with E-state index in [4.69, 9.17) is 4.98 Å². The predicted octanol–water partition coefficient (Wildman–Crippen LogP) is 3.63. The number of aryl methyl sites for hydroxylation is 1. The van der Waals surface area contributed by atoms with Crippen LogP contribution in [0.3, 0.4) is 0 Å². The molecule has 0 bridgehead atoms. The standard InChI is InChI=1S/C26H20N6O2S/c1-30-23(33)19-12-6-8-14-21(19)32-22(28-29-25(30)32)16-35-26-27-20-13-7-5-11-18(20)24(34)31(26)15-17-9-3-2-4-10-17/h2-14H,15-16H2,1H3. The summed E-state index contributed by atoms with van der Waals surface area (Å²) in [5.41, 5.74) is 2.22. The number of hydrogen-bond acceptors (Lipinski definition) is 6. The molecule has 0 aliphatic heterocycles. The molecule has 0 aliphatic carbocycles. The van der Waals surface area contributed by atoms with Gasteiger partial charge in [0.05, 0.1) is 34.1 Å². The third kappa shape index (κ3) is 3.60. The maximum absolute atomic E-state index is 13.4. The Kier molecular flexibility index (Phi) is 5.18. The van der Waals surface area contributed by atoms with Crippen molar-refractivity contribution in [3.63, 3.8) is 0 Å². The van der Waals surface area contributed by atoms with E-state index in [0.29, 0.717) is 45.3 Å². The van der Waals surface area contributed by atoms with E-state index in [2.05, 4.69) is 10.2 Å². The number of rotatable bonds is 5. The van der Waals surface area contributed by atoms with Crippen molar-refractivity contribution in [2.75, 3.05) is 0 Å². The van der Waals surface area contributed by atoms with Gasteiger partial charge in [0, 0.05) is 7.05 Å². The van der Waals surface area contributed by atoms with E-state index in [9.17, 15) is 9.59 Å².